The van der Waals surface area contributed by atoms with Crippen LogP contribution in [0, 0.1) is 0 Å². The first-order valence-corrected chi connectivity index (χ1v) is 6.72. The Bertz CT molecular complexity index is 144. The van der Waals surface area contributed by atoms with Gasteiger partial charge in [0, 0.05) is 65.4 Å². The van der Waals surface area contributed by atoms with E-state index in [-0.39, 0.29) is 6.10 Å². The maximum Gasteiger partial charge on any atom is 0.0788 e. The molecule has 0 aliphatic carbocycles. The third-order valence-corrected chi connectivity index (χ3v) is 2.36. The van der Waals surface area contributed by atoms with Crippen molar-refractivity contribution in [3.8, 4) is 0 Å². The minimum Gasteiger partial charge on any atom is -0.390 e. The Morgan fingerprint density at radius 3 is 1.44 bits per heavy atom. The topological polar surface area (TPSA) is 120 Å². The Labute approximate surface area is 110 Å². The Hall–Kier alpha value is -0.280. The highest BCUT2D eigenvalue weighted by Gasteiger charge is 2.01. The van der Waals surface area contributed by atoms with Crippen molar-refractivity contribution in [2.24, 2.45) is 11.5 Å². The molecule has 0 rings (SSSR count). The number of rotatable bonds is 14. The minimum atomic E-state index is -0.353. The predicted octanol–water partition coefficient (Wildman–Crippen LogP) is -3.38. The zero-order chi connectivity index (χ0) is 13.5. The van der Waals surface area contributed by atoms with Gasteiger partial charge in [0.2, 0.25) is 0 Å². The van der Waals surface area contributed by atoms with Crippen LogP contribution in [0.4, 0.5) is 0 Å². The van der Waals surface area contributed by atoms with Gasteiger partial charge in [-0.15, -0.1) is 0 Å². The first kappa shape index (κ1) is 17.7. The van der Waals surface area contributed by atoms with Crippen LogP contribution >= 0.6 is 0 Å². The van der Waals surface area contributed by atoms with Gasteiger partial charge >= 0.3 is 0 Å². The molecule has 18 heavy (non-hydrogen) atoms. The zero-order valence-corrected chi connectivity index (χ0v) is 11.3. The molecule has 110 valence electrons. The first-order chi connectivity index (χ1) is 8.81. The lowest BCUT2D eigenvalue weighted by molar-refractivity contribution is 0.169. The molecule has 0 aromatic heterocycles. The Morgan fingerprint density at radius 2 is 1.06 bits per heavy atom. The van der Waals surface area contributed by atoms with E-state index in [1.54, 1.807) is 0 Å². The SMILES string of the molecule is NCCNCCNCC(O)CNCCNCCN. The number of hydrogen-bond donors (Lipinski definition) is 7. The summed E-state index contributed by atoms with van der Waals surface area (Å²) in [6.07, 6.45) is -0.353. The van der Waals surface area contributed by atoms with E-state index in [4.69, 9.17) is 11.5 Å². The summed E-state index contributed by atoms with van der Waals surface area (Å²) < 4.78 is 0. The smallest absolute Gasteiger partial charge is 0.0788 e. The van der Waals surface area contributed by atoms with Crippen LogP contribution in [0.15, 0.2) is 0 Å². The largest absolute Gasteiger partial charge is 0.390 e. The summed E-state index contributed by atoms with van der Waals surface area (Å²) in [6.45, 7) is 7.63. The molecule has 0 saturated heterocycles. The molecule has 0 saturated carbocycles. The Kier molecular flexibility index (Phi) is 14.5. The molecule has 0 aromatic carbocycles. The van der Waals surface area contributed by atoms with Crippen LogP contribution in [0.5, 0.6) is 0 Å². The lowest BCUT2D eigenvalue weighted by Gasteiger charge is -2.13. The van der Waals surface area contributed by atoms with E-state index in [0.29, 0.717) is 26.2 Å². The van der Waals surface area contributed by atoms with Gasteiger partial charge in [0.25, 0.3) is 0 Å². The molecule has 0 spiro atoms. The van der Waals surface area contributed by atoms with Crippen molar-refractivity contribution in [1.82, 2.24) is 21.3 Å². The summed E-state index contributed by atoms with van der Waals surface area (Å²) >= 11 is 0. The summed E-state index contributed by atoms with van der Waals surface area (Å²) in [4.78, 5) is 0. The lowest BCUT2D eigenvalue weighted by atomic mass is 10.3. The van der Waals surface area contributed by atoms with Gasteiger partial charge in [0.15, 0.2) is 0 Å². The minimum absolute atomic E-state index is 0.353. The zero-order valence-electron chi connectivity index (χ0n) is 11.3. The van der Waals surface area contributed by atoms with Crippen molar-refractivity contribution in [2.45, 2.75) is 6.10 Å². The van der Waals surface area contributed by atoms with Gasteiger partial charge in [0.1, 0.15) is 0 Å². The molecule has 0 bridgehead atoms. The molecule has 9 N–H and O–H groups in total. The molecule has 0 amide bonds. The fraction of sp³-hybridized carbons (Fsp3) is 1.00. The number of hydrogen-bond acceptors (Lipinski definition) is 7. The third kappa shape index (κ3) is 13.8. The third-order valence-electron chi connectivity index (χ3n) is 2.36. The number of nitrogens with two attached hydrogens (primary N) is 2. The van der Waals surface area contributed by atoms with Gasteiger partial charge in [-0.1, -0.05) is 0 Å². The summed E-state index contributed by atoms with van der Waals surface area (Å²) in [5, 5.41) is 22.4. The van der Waals surface area contributed by atoms with Crippen LogP contribution in [0.3, 0.4) is 0 Å². The van der Waals surface area contributed by atoms with Crippen LogP contribution in [-0.2, 0) is 0 Å². The second kappa shape index (κ2) is 14.8. The van der Waals surface area contributed by atoms with Crippen molar-refractivity contribution in [1.29, 1.82) is 0 Å². The first-order valence-electron chi connectivity index (χ1n) is 6.72. The van der Waals surface area contributed by atoms with Crippen molar-refractivity contribution >= 4 is 0 Å². The molecule has 0 heterocycles. The van der Waals surface area contributed by atoms with E-state index in [0.717, 1.165) is 39.3 Å². The molecule has 0 aromatic rings. The highest BCUT2D eigenvalue weighted by molar-refractivity contribution is 4.64. The second-order valence-electron chi connectivity index (χ2n) is 4.14. The van der Waals surface area contributed by atoms with Crippen LogP contribution in [-0.4, -0.2) is 76.7 Å². The second-order valence-corrected chi connectivity index (χ2v) is 4.14. The molecule has 0 unspecified atom stereocenters. The normalized spacial score (nSPS) is 11.3. The van der Waals surface area contributed by atoms with Gasteiger partial charge in [-0.3, -0.25) is 0 Å². The summed E-state index contributed by atoms with van der Waals surface area (Å²) in [6, 6.07) is 0. The van der Waals surface area contributed by atoms with E-state index in [9.17, 15) is 5.11 Å². The molecule has 0 radical (unpaired) electrons. The van der Waals surface area contributed by atoms with Crippen LogP contribution in [0.25, 0.3) is 0 Å². The van der Waals surface area contributed by atoms with Gasteiger partial charge in [-0.25, -0.2) is 0 Å². The van der Waals surface area contributed by atoms with Crippen LogP contribution in [0.1, 0.15) is 0 Å². The maximum atomic E-state index is 9.65. The molecule has 0 fully saturated rings. The number of aliphatic hydroxyl groups excluding tert-OH is 1. The monoisotopic (exact) mass is 262 g/mol. The molecule has 0 aliphatic rings. The highest BCUT2D eigenvalue weighted by Crippen LogP contribution is 1.76. The molecular formula is C11H30N6O. The van der Waals surface area contributed by atoms with E-state index in [2.05, 4.69) is 21.3 Å². The summed E-state index contributed by atoms with van der Waals surface area (Å²) in [5.74, 6) is 0. The standard InChI is InChI=1S/C11H30N6O/c12-1-3-14-5-7-16-9-11(18)10-17-8-6-15-4-2-13/h11,14-18H,1-10,12-13H2. The predicted molar refractivity (Wildman–Crippen MR) is 75.6 cm³/mol. The molecule has 7 heteroatoms. The van der Waals surface area contributed by atoms with E-state index >= 15 is 0 Å². The van der Waals surface area contributed by atoms with E-state index in [1.807, 2.05) is 0 Å². The molecule has 7 nitrogen and oxygen atoms in total. The molecule has 0 aliphatic heterocycles. The van der Waals surface area contributed by atoms with E-state index in [1.165, 1.54) is 0 Å². The molecular weight excluding hydrogens is 232 g/mol. The summed E-state index contributed by atoms with van der Waals surface area (Å²) in [5.41, 5.74) is 10.7. The maximum absolute atomic E-state index is 9.65. The van der Waals surface area contributed by atoms with Crippen molar-refractivity contribution < 1.29 is 5.11 Å². The van der Waals surface area contributed by atoms with Gasteiger partial charge in [-0.2, -0.15) is 0 Å². The number of aliphatic hydroxyl groups is 1. The average Bonchev–Trinajstić information content (AvgIpc) is 2.38. The fourth-order valence-corrected chi connectivity index (χ4v) is 1.42. The van der Waals surface area contributed by atoms with Crippen molar-refractivity contribution in [3.63, 3.8) is 0 Å². The molecule has 0 atom stereocenters. The van der Waals surface area contributed by atoms with E-state index < -0.39 is 0 Å². The number of nitrogens with one attached hydrogen (secondary N) is 4. The average molecular weight is 262 g/mol. The Morgan fingerprint density at radius 1 is 0.667 bits per heavy atom. The van der Waals surface area contributed by atoms with Gasteiger partial charge < -0.3 is 37.8 Å². The van der Waals surface area contributed by atoms with Crippen molar-refractivity contribution in [3.05, 3.63) is 0 Å². The van der Waals surface area contributed by atoms with Gasteiger partial charge in [0.05, 0.1) is 6.10 Å². The lowest BCUT2D eigenvalue weighted by Crippen LogP contribution is -2.40. The van der Waals surface area contributed by atoms with Gasteiger partial charge in [-0.05, 0) is 0 Å². The quantitative estimate of drug-likeness (QED) is 0.163. The van der Waals surface area contributed by atoms with Crippen LogP contribution in [0.2, 0.25) is 0 Å². The Balaban J connectivity index is 3.10. The summed E-state index contributed by atoms with van der Waals surface area (Å²) in [7, 11) is 0. The highest BCUT2D eigenvalue weighted by atomic mass is 16.3. The van der Waals surface area contributed by atoms with Crippen LogP contribution < -0.4 is 32.7 Å². The fourth-order valence-electron chi connectivity index (χ4n) is 1.42. The van der Waals surface area contributed by atoms with Crippen molar-refractivity contribution in [2.75, 3.05) is 65.4 Å².